The number of rotatable bonds is 2. The lowest BCUT2D eigenvalue weighted by molar-refractivity contribution is 0.103. The van der Waals surface area contributed by atoms with Gasteiger partial charge in [0, 0.05) is 38.4 Å². The molecule has 0 fully saturated rings. The molecule has 18 heavy (non-hydrogen) atoms. The van der Waals surface area contributed by atoms with Gasteiger partial charge in [-0.05, 0) is 35.8 Å². The summed E-state index contributed by atoms with van der Waals surface area (Å²) in [6.07, 6.45) is 3.35. The lowest BCUT2D eigenvalue weighted by Gasteiger charge is -2.00. The second-order valence-corrected chi connectivity index (χ2v) is 5.22. The van der Waals surface area contributed by atoms with Crippen molar-refractivity contribution in [1.82, 2.24) is 9.97 Å². The summed E-state index contributed by atoms with van der Waals surface area (Å²) < 4.78 is 0.836. The number of halogens is 2. The number of fused-ring (bicyclic) bond motifs is 1. The Morgan fingerprint density at radius 2 is 2.11 bits per heavy atom. The van der Waals surface area contributed by atoms with Crippen LogP contribution in [0.4, 0.5) is 0 Å². The van der Waals surface area contributed by atoms with E-state index < -0.39 is 0 Å². The molecule has 0 radical (unpaired) electrons. The minimum absolute atomic E-state index is 0. The summed E-state index contributed by atoms with van der Waals surface area (Å²) in [5.74, 6) is -0.0800. The number of hydrogen-bond acceptors (Lipinski definition) is 2. The fourth-order valence-corrected chi connectivity index (χ4v) is 1.94. The molecule has 2 rings (SSSR count). The molecule has 0 aromatic carbocycles. The molecule has 1 N–H and O–H groups in total. The zero-order chi connectivity index (χ0) is 12.6. The van der Waals surface area contributed by atoms with Crippen LogP contribution in [0.15, 0.2) is 33.5 Å². The molecular weight excluding hydrogens is 316 g/mol. The molecule has 0 atom stereocenters. The minimum Gasteiger partial charge on any atom is -0.345 e. The van der Waals surface area contributed by atoms with Crippen molar-refractivity contribution in [2.24, 2.45) is 0 Å². The molecule has 0 aliphatic carbocycles. The van der Waals surface area contributed by atoms with Crippen LogP contribution in [0.3, 0.4) is 0 Å². The normalized spacial score (nSPS) is 12.0. The molecule has 0 amide bonds. The van der Waals surface area contributed by atoms with Gasteiger partial charge in [0.05, 0.1) is 0 Å². The largest absolute Gasteiger partial charge is 0.345 e. The van der Waals surface area contributed by atoms with Crippen molar-refractivity contribution in [3.63, 3.8) is 0 Å². The third-order valence-corrected chi connectivity index (χ3v) is 3.32. The molecule has 2 heterocycles. The number of carbonyl (C=O) groups excluding carboxylic acids is 1. The smallest absolute Gasteiger partial charge is 0.192 e. The molecule has 0 saturated carbocycles. The van der Waals surface area contributed by atoms with Crippen LogP contribution in [0.1, 0.15) is 31.6 Å². The molecule has 2 aromatic heterocycles. The number of nitrogens with zero attached hydrogens (tertiary/aromatic N) is 1. The zero-order valence-corrected chi connectivity index (χ0v) is 11.7. The SMILES string of the molecule is C.C/C(Cl)=C(\C)C(=O)c1c[nH]c2ncc(Br)cc12. The van der Waals surface area contributed by atoms with E-state index in [0.29, 0.717) is 21.8 Å². The fraction of sp³-hybridized carbons (Fsp3) is 0.231. The lowest BCUT2D eigenvalue weighted by Crippen LogP contribution is -2.00. The standard InChI is InChI=1S/C12H10BrClN2O.CH4/c1-6(7(2)14)11(17)10-5-16-12-9(10)3-8(13)4-15-12;/h3-5H,1-2H3,(H,15,16);1H4/b7-6-;. The van der Waals surface area contributed by atoms with Gasteiger partial charge in [0.2, 0.25) is 0 Å². The second kappa shape index (κ2) is 5.67. The first kappa shape index (κ1) is 14.9. The summed E-state index contributed by atoms with van der Waals surface area (Å²) in [7, 11) is 0. The number of aromatic amines is 1. The number of H-pyrrole nitrogens is 1. The van der Waals surface area contributed by atoms with Gasteiger partial charge in [-0.25, -0.2) is 4.98 Å². The molecule has 0 bridgehead atoms. The monoisotopic (exact) mass is 328 g/mol. The summed E-state index contributed by atoms with van der Waals surface area (Å²) in [4.78, 5) is 19.3. The Balaban J connectivity index is 0.00000162. The predicted octanol–water partition coefficient (Wildman–Crippen LogP) is 4.68. The van der Waals surface area contributed by atoms with Crippen LogP contribution in [-0.4, -0.2) is 15.8 Å². The van der Waals surface area contributed by atoms with Gasteiger partial charge in [-0.1, -0.05) is 19.0 Å². The number of pyridine rings is 1. The highest BCUT2D eigenvalue weighted by molar-refractivity contribution is 9.10. The highest BCUT2D eigenvalue weighted by Crippen LogP contribution is 2.24. The quantitative estimate of drug-likeness (QED) is 0.642. The first-order valence-corrected chi connectivity index (χ1v) is 6.18. The number of aromatic nitrogens is 2. The Kier molecular flexibility index (Phi) is 4.71. The van der Waals surface area contributed by atoms with Crippen molar-refractivity contribution in [2.75, 3.05) is 0 Å². The van der Waals surface area contributed by atoms with Gasteiger partial charge in [0.25, 0.3) is 0 Å². The van der Waals surface area contributed by atoms with E-state index in [4.69, 9.17) is 11.6 Å². The van der Waals surface area contributed by atoms with Gasteiger partial charge in [-0.2, -0.15) is 0 Å². The van der Waals surface area contributed by atoms with Crippen LogP contribution < -0.4 is 0 Å². The van der Waals surface area contributed by atoms with E-state index in [1.807, 2.05) is 6.07 Å². The van der Waals surface area contributed by atoms with Crippen molar-refractivity contribution in [3.05, 3.63) is 39.1 Å². The average Bonchev–Trinajstić information content (AvgIpc) is 2.69. The van der Waals surface area contributed by atoms with E-state index in [9.17, 15) is 4.79 Å². The number of ketones is 1. The zero-order valence-electron chi connectivity index (χ0n) is 9.34. The van der Waals surface area contributed by atoms with Crippen molar-refractivity contribution in [1.29, 1.82) is 0 Å². The second-order valence-electron chi connectivity index (χ2n) is 3.74. The topological polar surface area (TPSA) is 45.8 Å². The van der Waals surface area contributed by atoms with Crippen molar-refractivity contribution in [2.45, 2.75) is 21.3 Å². The number of allylic oxidation sites excluding steroid dienone is 2. The minimum atomic E-state index is -0.0800. The highest BCUT2D eigenvalue weighted by atomic mass is 79.9. The van der Waals surface area contributed by atoms with Gasteiger partial charge in [0.1, 0.15) is 5.65 Å². The fourth-order valence-electron chi connectivity index (χ4n) is 1.52. The summed E-state index contributed by atoms with van der Waals surface area (Å²) in [6, 6.07) is 1.86. The van der Waals surface area contributed by atoms with E-state index in [1.165, 1.54) is 0 Å². The molecule has 0 unspecified atom stereocenters. The Hall–Kier alpha value is -1.13. The third-order valence-electron chi connectivity index (χ3n) is 2.60. The van der Waals surface area contributed by atoms with E-state index in [0.717, 1.165) is 9.86 Å². The van der Waals surface area contributed by atoms with Crippen LogP contribution in [0.2, 0.25) is 0 Å². The Morgan fingerprint density at radius 1 is 1.44 bits per heavy atom. The van der Waals surface area contributed by atoms with E-state index in [1.54, 1.807) is 26.2 Å². The van der Waals surface area contributed by atoms with Gasteiger partial charge < -0.3 is 4.98 Å². The van der Waals surface area contributed by atoms with Gasteiger partial charge in [0.15, 0.2) is 5.78 Å². The van der Waals surface area contributed by atoms with Crippen LogP contribution in [0.25, 0.3) is 11.0 Å². The van der Waals surface area contributed by atoms with Crippen LogP contribution in [0, 0.1) is 0 Å². The molecule has 96 valence electrons. The third kappa shape index (κ3) is 2.65. The van der Waals surface area contributed by atoms with Crippen molar-refractivity contribution in [3.8, 4) is 0 Å². The highest BCUT2D eigenvalue weighted by Gasteiger charge is 2.15. The van der Waals surface area contributed by atoms with Gasteiger partial charge in [-0.3, -0.25) is 4.79 Å². The molecule has 0 aliphatic heterocycles. The summed E-state index contributed by atoms with van der Waals surface area (Å²) in [5, 5.41) is 1.30. The lowest BCUT2D eigenvalue weighted by atomic mass is 10.1. The first-order valence-electron chi connectivity index (χ1n) is 5.01. The van der Waals surface area contributed by atoms with E-state index in [2.05, 4.69) is 25.9 Å². The summed E-state index contributed by atoms with van der Waals surface area (Å²) in [5.41, 5.74) is 1.83. The number of Topliss-reactive ketones (excluding diaryl/α,β-unsaturated/α-hetero) is 1. The predicted molar refractivity (Wildman–Crippen MR) is 79.1 cm³/mol. The number of nitrogens with one attached hydrogen (secondary N) is 1. The number of hydrogen-bond donors (Lipinski definition) is 1. The van der Waals surface area contributed by atoms with Gasteiger partial charge in [-0.15, -0.1) is 0 Å². The Bertz CT molecular complexity index is 627. The van der Waals surface area contributed by atoms with Crippen LogP contribution in [-0.2, 0) is 0 Å². The molecule has 0 spiro atoms. The molecule has 0 saturated heterocycles. The molecule has 0 aliphatic rings. The van der Waals surface area contributed by atoms with Crippen molar-refractivity contribution < 1.29 is 4.79 Å². The maximum absolute atomic E-state index is 12.2. The maximum atomic E-state index is 12.2. The molecule has 5 heteroatoms. The van der Waals surface area contributed by atoms with E-state index >= 15 is 0 Å². The van der Waals surface area contributed by atoms with Crippen molar-refractivity contribution >= 4 is 44.3 Å². The molecular formula is C13H14BrClN2O. The van der Waals surface area contributed by atoms with E-state index in [-0.39, 0.29) is 13.2 Å². The maximum Gasteiger partial charge on any atom is 0.192 e. The number of carbonyl (C=O) groups is 1. The molecule has 3 nitrogen and oxygen atoms in total. The van der Waals surface area contributed by atoms with Crippen LogP contribution >= 0.6 is 27.5 Å². The average molecular weight is 330 g/mol. The summed E-state index contributed by atoms with van der Waals surface area (Å²) >= 11 is 9.19. The van der Waals surface area contributed by atoms with Crippen LogP contribution in [0.5, 0.6) is 0 Å². The van der Waals surface area contributed by atoms with Gasteiger partial charge >= 0.3 is 0 Å². The first-order chi connectivity index (χ1) is 8.00. The Labute approximate surface area is 119 Å². The molecule has 2 aromatic rings. The summed E-state index contributed by atoms with van der Waals surface area (Å²) in [6.45, 7) is 3.42. The Morgan fingerprint density at radius 3 is 2.72 bits per heavy atom.